The molecular formula is C12H19N3O2. The molecule has 1 aliphatic heterocycles. The van der Waals surface area contributed by atoms with Crippen LogP contribution in [0.25, 0.3) is 0 Å². The third kappa shape index (κ3) is 2.66. The van der Waals surface area contributed by atoms with Crippen LogP contribution in [0.4, 0.5) is 0 Å². The van der Waals surface area contributed by atoms with Crippen LogP contribution >= 0.6 is 0 Å². The molecule has 0 aliphatic carbocycles. The Morgan fingerprint density at radius 2 is 2.47 bits per heavy atom. The Morgan fingerprint density at radius 3 is 3.18 bits per heavy atom. The lowest BCUT2D eigenvalue weighted by Crippen LogP contribution is -2.27. The highest BCUT2D eigenvalue weighted by Gasteiger charge is 2.28. The molecule has 1 aromatic rings. The predicted octanol–water partition coefficient (Wildman–Crippen LogP) is 1.51. The molecular weight excluding hydrogens is 218 g/mol. The maximum absolute atomic E-state index is 10.6. The van der Waals surface area contributed by atoms with Crippen molar-refractivity contribution < 1.29 is 9.90 Å². The molecule has 2 rings (SSSR count). The molecule has 0 amide bonds. The summed E-state index contributed by atoms with van der Waals surface area (Å²) in [5.74, 6) is -0.723. The number of hydrogen-bond donors (Lipinski definition) is 1. The third-order valence-electron chi connectivity index (χ3n) is 3.37. The molecule has 1 atom stereocenters. The number of hydrogen-bond acceptors (Lipinski definition) is 3. The lowest BCUT2D eigenvalue weighted by Gasteiger charge is -2.24. The van der Waals surface area contributed by atoms with Crippen LogP contribution in [0.15, 0.2) is 12.3 Å². The Morgan fingerprint density at radius 1 is 1.65 bits per heavy atom. The summed E-state index contributed by atoms with van der Waals surface area (Å²) >= 11 is 0. The van der Waals surface area contributed by atoms with Gasteiger partial charge in [0, 0.05) is 19.3 Å². The standard InChI is InChI=1S/C12H19N3O2/c1-2-15-11(5-7-13-15)10-4-3-8-14(10)9-6-12(16)17/h5,7,10H,2-4,6,8-9H2,1H3,(H,16,17)/t10-/m1/s1. The molecule has 0 aromatic carbocycles. The second-order valence-corrected chi connectivity index (χ2v) is 4.41. The second kappa shape index (κ2) is 5.31. The first kappa shape index (κ1) is 12.1. The van der Waals surface area contributed by atoms with Crippen LogP contribution in [0.2, 0.25) is 0 Å². The molecule has 0 saturated carbocycles. The zero-order chi connectivity index (χ0) is 12.3. The molecule has 1 fully saturated rings. The molecule has 5 nitrogen and oxygen atoms in total. The van der Waals surface area contributed by atoms with E-state index in [9.17, 15) is 4.79 Å². The average Bonchev–Trinajstić information content (AvgIpc) is 2.93. The van der Waals surface area contributed by atoms with Gasteiger partial charge in [0.05, 0.1) is 18.2 Å². The van der Waals surface area contributed by atoms with E-state index in [1.165, 1.54) is 5.69 Å². The number of carbonyl (C=O) groups is 1. The van der Waals surface area contributed by atoms with Crippen molar-refractivity contribution in [1.82, 2.24) is 14.7 Å². The molecule has 1 N–H and O–H groups in total. The first-order valence-electron chi connectivity index (χ1n) is 6.20. The fourth-order valence-corrected chi connectivity index (χ4v) is 2.56. The smallest absolute Gasteiger partial charge is 0.304 e. The second-order valence-electron chi connectivity index (χ2n) is 4.41. The molecule has 0 bridgehead atoms. The van der Waals surface area contributed by atoms with Gasteiger partial charge in [0.25, 0.3) is 0 Å². The Bertz CT molecular complexity index is 389. The van der Waals surface area contributed by atoms with E-state index in [2.05, 4.69) is 16.9 Å². The van der Waals surface area contributed by atoms with E-state index < -0.39 is 5.97 Å². The van der Waals surface area contributed by atoms with E-state index in [0.29, 0.717) is 12.6 Å². The summed E-state index contributed by atoms with van der Waals surface area (Å²) in [5.41, 5.74) is 1.22. The topological polar surface area (TPSA) is 58.4 Å². The maximum Gasteiger partial charge on any atom is 0.304 e. The minimum Gasteiger partial charge on any atom is -0.481 e. The third-order valence-corrected chi connectivity index (χ3v) is 3.37. The molecule has 94 valence electrons. The zero-order valence-corrected chi connectivity index (χ0v) is 10.2. The summed E-state index contributed by atoms with van der Waals surface area (Å²) in [6.45, 7) is 4.57. The largest absolute Gasteiger partial charge is 0.481 e. The fraction of sp³-hybridized carbons (Fsp3) is 0.667. The fourth-order valence-electron chi connectivity index (χ4n) is 2.56. The Balaban J connectivity index is 2.06. The zero-order valence-electron chi connectivity index (χ0n) is 10.2. The van der Waals surface area contributed by atoms with Crippen molar-refractivity contribution in [2.24, 2.45) is 0 Å². The number of nitrogens with zero attached hydrogens (tertiary/aromatic N) is 3. The lowest BCUT2D eigenvalue weighted by molar-refractivity contribution is -0.137. The van der Waals surface area contributed by atoms with E-state index in [4.69, 9.17) is 5.11 Å². The van der Waals surface area contributed by atoms with Crippen molar-refractivity contribution in [3.05, 3.63) is 18.0 Å². The van der Waals surface area contributed by atoms with Gasteiger partial charge in [0.15, 0.2) is 0 Å². The van der Waals surface area contributed by atoms with Gasteiger partial charge in [-0.05, 0) is 32.4 Å². The summed E-state index contributed by atoms with van der Waals surface area (Å²) in [7, 11) is 0. The van der Waals surface area contributed by atoms with E-state index >= 15 is 0 Å². The average molecular weight is 237 g/mol. The summed E-state index contributed by atoms with van der Waals surface area (Å²) in [6.07, 6.45) is 4.29. The quantitative estimate of drug-likeness (QED) is 0.843. The highest BCUT2D eigenvalue weighted by Crippen LogP contribution is 2.31. The van der Waals surface area contributed by atoms with Crippen LogP contribution in [0.1, 0.15) is 37.9 Å². The van der Waals surface area contributed by atoms with Gasteiger partial charge >= 0.3 is 5.97 Å². The van der Waals surface area contributed by atoms with E-state index in [0.717, 1.165) is 25.9 Å². The van der Waals surface area contributed by atoms with Crippen molar-refractivity contribution in [3.63, 3.8) is 0 Å². The number of aliphatic carboxylic acids is 1. The molecule has 2 heterocycles. The van der Waals surface area contributed by atoms with Gasteiger partial charge in [-0.2, -0.15) is 5.10 Å². The van der Waals surface area contributed by atoms with Gasteiger partial charge in [-0.3, -0.25) is 14.4 Å². The van der Waals surface area contributed by atoms with Crippen LogP contribution in [-0.4, -0.2) is 38.8 Å². The van der Waals surface area contributed by atoms with E-state index in [-0.39, 0.29) is 6.42 Å². The number of carboxylic acids is 1. The summed E-state index contributed by atoms with van der Waals surface area (Å²) in [4.78, 5) is 12.9. The van der Waals surface area contributed by atoms with Crippen molar-refractivity contribution in [3.8, 4) is 0 Å². The molecule has 1 aliphatic rings. The van der Waals surface area contributed by atoms with Gasteiger partial charge in [0.2, 0.25) is 0 Å². The van der Waals surface area contributed by atoms with Crippen LogP contribution in [-0.2, 0) is 11.3 Å². The Kier molecular flexibility index (Phi) is 3.78. The Hall–Kier alpha value is -1.36. The lowest BCUT2D eigenvalue weighted by atomic mass is 10.1. The normalized spacial score (nSPS) is 20.9. The molecule has 0 spiro atoms. The number of aromatic nitrogens is 2. The summed E-state index contributed by atoms with van der Waals surface area (Å²) in [6, 6.07) is 2.39. The summed E-state index contributed by atoms with van der Waals surface area (Å²) in [5, 5.41) is 13.0. The van der Waals surface area contributed by atoms with Gasteiger partial charge in [-0.25, -0.2) is 0 Å². The summed E-state index contributed by atoms with van der Waals surface area (Å²) < 4.78 is 2.00. The number of likely N-dealkylation sites (tertiary alicyclic amines) is 1. The van der Waals surface area contributed by atoms with Crippen molar-refractivity contribution in [2.45, 2.75) is 38.8 Å². The van der Waals surface area contributed by atoms with Crippen molar-refractivity contribution in [1.29, 1.82) is 0 Å². The molecule has 0 radical (unpaired) electrons. The number of carboxylic acid groups (broad SMARTS) is 1. The first-order valence-corrected chi connectivity index (χ1v) is 6.20. The molecule has 1 aromatic heterocycles. The highest BCUT2D eigenvalue weighted by atomic mass is 16.4. The maximum atomic E-state index is 10.6. The first-order chi connectivity index (χ1) is 8.22. The van der Waals surface area contributed by atoms with Gasteiger partial charge in [-0.15, -0.1) is 0 Å². The SMILES string of the molecule is CCn1nccc1[C@H]1CCCN1CCC(=O)O. The molecule has 17 heavy (non-hydrogen) atoms. The highest BCUT2D eigenvalue weighted by molar-refractivity contribution is 5.66. The molecule has 0 unspecified atom stereocenters. The van der Waals surface area contributed by atoms with Crippen LogP contribution in [0, 0.1) is 0 Å². The minimum atomic E-state index is -0.723. The Labute approximate surface area is 101 Å². The van der Waals surface area contributed by atoms with E-state index in [1.807, 2.05) is 16.9 Å². The van der Waals surface area contributed by atoms with E-state index in [1.54, 1.807) is 0 Å². The molecule has 5 heteroatoms. The van der Waals surface area contributed by atoms with Crippen LogP contribution < -0.4 is 0 Å². The van der Waals surface area contributed by atoms with Gasteiger partial charge in [0.1, 0.15) is 0 Å². The number of aryl methyl sites for hydroxylation is 1. The number of rotatable bonds is 5. The van der Waals surface area contributed by atoms with Crippen LogP contribution in [0.3, 0.4) is 0 Å². The van der Waals surface area contributed by atoms with Gasteiger partial charge in [-0.1, -0.05) is 0 Å². The van der Waals surface area contributed by atoms with Crippen LogP contribution in [0.5, 0.6) is 0 Å². The van der Waals surface area contributed by atoms with Crippen molar-refractivity contribution >= 4 is 5.97 Å². The predicted molar refractivity (Wildman–Crippen MR) is 63.7 cm³/mol. The van der Waals surface area contributed by atoms with Crippen molar-refractivity contribution in [2.75, 3.05) is 13.1 Å². The minimum absolute atomic E-state index is 0.219. The van der Waals surface area contributed by atoms with Gasteiger partial charge < -0.3 is 5.11 Å². The monoisotopic (exact) mass is 237 g/mol. The molecule has 1 saturated heterocycles.